The summed E-state index contributed by atoms with van der Waals surface area (Å²) in [6.07, 6.45) is 6.51. The molecule has 6 aromatic rings. The van der Waals surface area contributed by atoms with Gasteiger partial charge in [0.2, 0.25) is 5.89 Å². The first-order chi connectivity index (χ1) is 21.0. The second kappa shape index (κ2) is 10.8. The Morgan fingerprint density at radius 2 is 1.40 bits per heavy atom. The van der Waals surface area contributed by atoms with E-state index in [1.807, 2.05) is 48.5 Å². The molecular formula is C40H32N2O. The van der Waals surface area contributed by atoms with E-state index in [1.54, 1.807) is 0 Å². The summed E-state index contributed by atoms with van der Waals surface area (Å²) >= 11 is 0. The number of aromatic nitrogens is 1. The monoisotopic (exact) mass is 556 g/mol. The molecule has 5 aromatic carbocycles. The number of benzene rings is 5. The number of nitrogens with zero attached hydrogens (tertiary/aromatic N) is 2. The van der Waals surface area contributed by atoms with Crippen molar-refractivity contribution in [1.82, 2.24) is 4.98 Å². The molecule has 1 aromatic heterocycles. The lowest BCUT2D eigenvalue weighted by Gasteiger charge is -2.29. The molecule has 1 aliphatic rings. The van der Waals surface area contributed by atoms with Crippen LogP contribution >= 0.6 is 0 Å². The van der Waals surface area contributed by atoms with Crippen molar-refractivity contribution >= 4 is 28.6 Å². The molecule has 0 fully saturated rings. The van der Waals surface area contributed by atoms with Gasteiger partial charge in [-0.25, -0.2) is 4.98 Å². The number of hydrogen-bond acceptors (Lipinski definition) is 3. The van der Waals surface area contributed by atoms with Gasteiger partial charge >= 0.3 is 0 Å². The maximum Gasteiger partial charge on any atom is 0.227 e. The quantitative estimate of drug-likeness (QED) is 0.183. The summed E-state index contributed by atoms with van der Waals surface area (Å²) in [7, 11) is 0. The number of hydrogen-bond donors (Lipinski definition) is 0. The maximum absolute atomic E-state index is 6.16. The number of anilines is 2. The maximum atomic E-state index is 6.16. The average molecular weight is 557 g/mol. The van der Waals surface area contributed by atoms with Crippen LogP contribution in [0.1, 0.15) is 25.0 Å². The third-order valence-electron chi connectivity index (χ3n) is 8.30. The van der Waals surface area contributed by atoms with Crippen molar-refractivity contribution in [3.8, 4) is 22.6 Å². The van der Waals surface area contributed by atoms with Gasteiger partial charge in [-0.1, -0.05) is 111 Å². The average Bonchev–Trinajstić information content (AvgIpc) is 3.59. The minimum Gasteiger partial charge on any atom is -0.436 e. The Morgan fingerprint density at radius 1 is 0.721 bits per heavy atom. The van der Waals surface area contributed by atoms with Crippen LogP contribution in [-0.2, 0) is 5.41 Å². The van der Waals surface area contributed by atoms with Crippen LogP contribution in [-0.4, -0.2) is 4.98 Å². The van der Waals surface area contributed by atoms with E-state index in [-0.39, 0.29) is 5.41 Å². The normalized spacial score (nSPS) is 13.9. The van der Waals surface area contributed by atoms with Crippen LogP contribution in [0.5, 0.6) is 0 Å². The minimum absolute atomic E-state index is 0.136. The zero-order valence-electron chi connectivity index (χ0n) is 24.4. The van der Waals surface area contributed by atoms with E-state index in [0.29, 0.717) is 5.89 Å². The molecule has 3 heteroatoms. The van der Waals surface area contributed by atoms with Crippen molar-refractivity contribution in [2.45, 2.75) is 19.3 Å². The molecule has 7 rings (SSSR count). The van der Waals surface area contributed by atoms with Gasteiger partial charge in [0.05, 0.1) is 0 Å². The van der Waals surface area contributed by atoms with Crippen molar-refractivity contribution in [1.29, 1.82) is 0 Å². The van der Waals surface area contributed by atoms with Crippen molar-refractivity contribution in [2.75, 3.05) is 4.90 Å². The van der Waals surface area contributed by atoms with Crippen LogP contribution in [0, 0.1) is 0 Å². The van der Waals surface area contributed by atoms with Gasteiger partial charge in [0, 0.05) is 28.1 Å². The minimum atomic E-state index is -0.136. The molecular weight excluding hydrogens is 524 g/mol. The van der Waals surface area contributed by atoms with Crippen molar-refractivity contribution in [3.63, 3.8) is 0 Å². The second-order valence-electron chi connectivity index (χ2n) is 11.4. The van der Waals surface area contributed by atoms with Crippen molar-refractivity contribution in [3.05, 3.63) is 169 Å². The van der Waals surface area contributed by atoms with Crippen LogP contribution in [0.15, 0.2) is 162 Å². The Kier molecular flexibility index (Phi) is 6.64. The Labute approximate surface area is 252 Å². The zero-order valence-corrected chi connectivity index (χ0v) is 24.4. The van der Waals surface area contributed by atoms with Gasteiger partial charge in [-0.05, 0) is 82.4 Å². The van der Waals surface area contributed by atoms with Gasteiger partial charge in [-0.15, -0.1) is 0 Å². The number of rotatable bonds is 7. The SMILES string of the molecule is C=C/C(=C\C1=Cc2ccccc2C1(C)C)N(c1cccc(-c2ccccc2)c1)c1ccc2oc(-c3ccccc3)nc2c1. The predicted octanol–water partition coefficient (Wildman–Crippen LogP) is 10.7. The number of allylic oxidation sites excluding steroid dienone is 3. The van der Waals surface area contributed by atoms with E-state index >= 15 is 0 Å². The third kappa shape index (κ3) is 4.89. The van der Waals surface area contributed by atoms with Crippen LogP contribution in [0.3, 0.4) is 0 Å². The molecule has 0 amide bonds. The molecule has 43 heavy (non-hydrogen) atoms. The van der Waals surface area contributed by atoms with Crippen LogP contribution in [0.2, 0.25) is 0 Å². The molecule has 0 unspecified atom stereocenters. The lowest BCUT2D eigenvalue weighted by molar-refractivity contribution is 0.620. The Balaban J connectivity index is 1.38. The number of oxazole rings is 1. The van der Waals surface area contributed by atoms with Crippen molar-refractivity contribution in [2.24, 2.45) is 0 Å². The van der Waals surface area contributed by atoms with E-state index < -0.39 is 0 Å². The summed E-state index contributed by atoms with van der Waals surface area (Å²) < 4.78 is 6.16. The highest BCUT2D eigenvalue weighted by atomic mass is 16.3. The Bertz CT molecular complexity index is 2010. The first kappa shape index (κ1) is 26.5. The fourth-order valence-corrected chi connectivity index (χ4v) is 5.95. The molecule has 0 bridgehead atoms. The first-order valence-electron chi connectivity index (χ1n) is 14.6. The molecule has 0 aliphatic heterocycles. The molecule has 1 heterocycles. The standard InChI is InChI=1S/C40H32N2O/c1-4-33(26-32-24-31-18-11-12-21-36(31)40(32,2)3)42(34-20-13-19-30(25-34)28-14-7-5-8-15-28)35-22-23-38-37(27-35)41-39(43-38)29-16-9-6-10-17-29/h4-27H,1H2,2-3H3/b33-26+. The summed E-state index contributed by atoms with van der Waals surface area (Å²) in [5.74, 6) is 0.612. The summed E-state index contributed by atoms with van der Waals surface area (Å²) in [5, 5.41) is 0. The third-order valence-corrected chi connectivity index (χ3v) is 8.30. The molecule has 0 spiro atoms. The molecule has 0 atom stereocenters. The Morgan fingerprint density at radius 3 is 2.14 bits per heavy atom. The lowest BCUT2D eigenvalue weighted by atomic mass is 9.81. The van der Waals surface area contributed by atoms with E-state index in [1.165, 1.54) is 22.3 Å². The summed E-state index contributed by atoms with van der Waals surface area (Å²) in [6, 6.07) is 44.0. The molecule has 0 N–H and O–H groups in total. The molecule has 0 saturated carbocycles. The number of fused-ring (bicyclic) bond motifs is 2. The van der Waals surface area contributed by atoms with E-state index in [2.05, 4.69) is 122 Å². The first-order valence-corrected chi connectivity index (χ1v) is 14.6. The Hall–Kier alpha value is -5.41. The lowest BCUT2D eigenvalue weighted by Crippen LogP contribution is -2.19. The van der Waals surface area contributed by atoms with Gasteiger partial charge < -0.3 is 9.32 Å². The van der Waals surface area contributed by atoms with Gasteiger partial charge in [-0.3, -0.25) is 0 Å². The summed E-state index contributed by atoms with van der Waals surface area (Å²) in [6.45, 7) is 8.86. The van der Waals surface area contributed by atoms with E-state index in [0.717, 1.165) is 39.3 Å². The highest BCUT2D eigenvalue weighted by Crippen LogP contribution is 2.44. The predicted molar refractivity (Wildman–Crippen MR) is 179 cm³/mol. The van der Waals surface area contributed by atoms with Gasteiger partial charge in [-0.2, -0.15) is 0 Å². The highest BCUT2D eigenvalue weighted by molar-refractivity contribution is 5.85. The molecule has 3 nitrogen and oxygen atoms in total. The van der Waals surface area contributed by atoms with Crippen LogP contribution in [0.4, 0.5) is 11.4 Å². The summed E-state index contributed by atoms with van der Waals surface area (Å²) in [5.41, 5.74) is 11.5. The van der Waals surface area contributed by atoms with Gasteiger partial charge in [0.25, 0.3) is 0 Å². The topological polar surface area (TPSA) is 29.3 Å². The van der Waals surface area contributed by atoms with E-state index in [4.69, 9.17) is 9.40 Å². The molecule has 1 aliphatic carbocycles. The summed E-state index contributed by atoms with van der Waals surface area (Å²) in [4.78, 5) is 7.13. The smallest absolute Gasteiger partial charge is 0.227 e. The molecule has 208 valence electrons. The fraction of sp³-hybridized carbons (Fsp3) is 0.0750. The van der Waals surface area contributed by atoms with Gasteiger partial charge in [0.1, 0.15) is 5.52 Å². The highest BCUT2D eigenvalue weighted by Gasteiger charge is 2.32. The van der Waals surface area contributed by atoms with Crippen LogP contribution in [0.25, 0.3) is 39.8 Å². The molecule has 0 radical (unpaired) electrons. The molecule has 0 saturated heterocycles. The van der Waals surface area contributed by atoms with Crippen LogP contribution < -0.4 is 4.90 Å². The largest absolute Gasteiger partial charge is 0.436 e. The second-order valence-corrected chi connectivity index (χ2v) is 11.4. The van der Waals surface area contributed by atoms with E-state index in [9.17, 15) is 0 Å². The van der Waals surface area contributed by atoms with Crippen molar-refractivity contribution < 1.29 is 4.42 Å². The van der Waals surface area contributed by atoms with Gasteiger partial charge in [0.15, 0.2) is 5.58 Å². The fourth-order valence-electron chi connectivity index (χ4n) is 5.95. The zero-order chi connectivity index (χ0) is 29.4.